The van der Waals surface area contributed by atoms with Crippen LogP contribution in [-0.4, -0.2) is 23.4 Å². The minimum absolute atomic E-state index is 0.00244. The molecule has 20 heavy (non-hydrogen) atoms. The van der Waals surface area contributed by atoms with Crippen LogP contribution < -0.4 is 15.4 Å². The summed E-state index contributed by atoms with van der Waals surface area (Å²) in [6, 6.07) is 3.40. The van der Waals surface area contributed by atoms with Crippen molar-refractivity contribution in [3.05, 3.63) is 12.1 Å². The van der Waals surface area contributed by atoms with E-state index in [1.54, 1.807) is 12.1 Å². The van der Waals surface area contributed by atoms with Gasteiger partial charge < -0.3 is 15.4 Å². The van der Waals surface area contributed by atoms with E-state index in [2.05, 4.69) is 15.6 Å². The van der Waals surface area contributed by atoms with Crippen molar-refractivity contribution in [2.45, 2.75) is 32.1 Å². The van der Waals surface area contributed by atoms with Crippen LogP contribution in [0.15, 0.2) is 12.1 Å². The number of fused-ring (bicyclic) bond motifs is 1. The fraction of sp³-hybridized carbons (Fsp3) is 0.500. The highest BCUT2D eigenvalue weighted by Gasteiger charge is 2.22. The fourth-order valence-corrected chi connectivity index (χ4v) is 2.63. The molecule has 0 radical (unpaired) electrons. The molecule has 3 rings (SSSR count). The van der Waals surface area contributed by atoms with Gasteiger partial charge in [0.25, 0.3) is 5.91 Å². The molecule has 0 bridgehead atoms. The molecule has 1 fully saturated rings. The highest BCUT2D eigenvalue weighted by Crippen LogP contribution is 2.28. The second-order valence-corrected chi connectivity index (χ2v) is 5.20. The molecule has 106 valence electrons. The number of anilines is 2. The molecular weight excluding hydrogens is 258 g/mol. The molecule has 1 saturated carbocycles. The monoisotopic (exact) mass is 275 g/mol. The summed E-state index contributed by atoms with van der Waals surface area (Å²) in [6.45, 7) is 0.00244. The van der Waals surface area contributed by atoms with Gasteiger partial charge in [0.15, 0.2) is 18.2 Å². The molecule has 2 heterocycles. The van der Waals surface area contributed by atoms with Gasteiger partial charge in [-0.15, -0.1) is 0 Å². The first-order chi connectivity index (χ1) is 9.72. The molecule has 1 aromatic rings. The van der Waals surface area contributed by atoms with E-state index >= 15 is 0 Å². The smallest absolute Gasteiger partial charge is 0.263 e. The van der Waals surface area contributed by atoms with E-state index in [9.17, 15) is 9.59 Å². The minimum atomic E-state index is -0.235. The van der Waals surface area contributed by atoms with E-state index in [0.717, 1.165) is 25.7 Å². The Morgan fingerprint density at radius 2 is 2.10 bits per heavy atom. The Labute approximate surface area is 116 Å². The van der Waals surface area contributed by atoms with E-state index in [4.69, 9.17) is 4.74 Å². The van der Waals surface area contributed by atoms with Crippen LogP contribution in [0.1, 0.15) is 32.1 Å². The van der Waals surface area contributed by atoms with Crippen molar-refractivity contribution in [2.75, 3.05) is 17.2 Å². The number of aromatic nitrogens is 1. The Bertz CT molecular complexity index is 538. The predicted molar refractivity (Wildman–Crippen MR) is 73.6 cm³/mol. The maximum atomic E-state index is 12.1. The number of nitrogens with one attached hydrogen (secondary N) is 2. The zero-order valence-electron chi connectivity index (χ0n) is 11.1. The lowest BCUT2D eigenvalue weighted by molar-refractivity contribution is -0.120. The van der Waals surface area contributed by atoms with E-state index in [0.29, 0.717) is 17.4 Å². The summed E-state index contributed by atoms with van der Waals surface area (Å²) in [7, 11) is 0. The highest BCUT2D eigenvalue weighted by molar-refractivity contribution is 5.95. The Morgan fingerprint density at radius 1 is 1.30 bits per heavy atom. The average Bonchev–Trinajstić information content (AvgIpc) is 2.47. The van der Waals surface area contributed by atoms with Crippen LogP contribution >= 0.6 is 0 Å². The lowest BCUT2D eigenvalue weighted by Gasteiger charge is -2.21. The van der Waals surface area contributed by atoms with Gasteiger partial charge in [-0.3, -0.25) is 9.59 Å². The van der Waals surface area contributed by atoms with Gasteiger partial charge in [-0.2, -0.15) is 0 Å². The second kappa shape index (κ2) is 5.48. The number of rotatable bonds is 2. The lowest BCUT2D eigenvalue weighted by atomic mass is 9.89. The lowest BCUT2D eigenvalue weighted by Crippen LogP contribution is -2.28. The molecule has 1 aromatic heterocycles. The minimum Gasteiger partial charge on any atom is -0.480 e. The fourth-order valence-electron chi connectivity index (χ4n) is 2.63. The summed E-state index contributed by atoms with van der Waals surface area (Å²) in [4.78, 5) is 27.6. The van der Waals surface area contributed by atoms with Crippen LogP contribution in [0.3, 0.4) is 0 Å². The number of hydrogen-bond acceptors (Lipinski definition) is 4. The Morgan fingerprint density at radius 3 is 2.90 bits per heavy atom. The first-order valence-electron chi connectivity index (χ1n) is 6.97. The van der Waals surface area contributed by atoms with Crippen molar-refractivity contribution in [2.24, 2.45) is 5.92 Å². The van der Waals surface area contributed by atoms with Crippen LogP contribution in [0.4, 0.5) is 11.6 Å². The number of amides is 2. The molecule has 6 nitrogen and oxygen atoms in total. The summed E-state index contributed by atoms with van der Waals surface area (Å²) >= 11 is 0. The maximum Gasteiger partial charge on any atom is 0.263 e. The molecular formula is C14H17N3O3. The first-order valence-corrected chi connectivity index (χ1v) is 6.97. The standard InChI is InChI=1S/C14H17N3O3/c18-12-8-20-10-6-7-11(15-13(10)17-12)16-14(19)9-4-2-1-3-5-9/h6-7,9H,1-5,8H2,(H2,15,16,17,18,19). The number of pyridine rings is 1. The van der Waals surface area contributed by atoms with Crippen LogP contribution in [0.2, 0.25) is 0 Å². The van der Waals surface area contributed by atoms with Gasteiger partial charge in [0, 0.05) is 5.92 Å². The van der Waals surface area contributed by atoms with Crippen molar-refractivity contribution in [1.82, 2.24) is 4.98 Å². The third-order valence-electron chi connectivity index (χ3n) is 3.70. The first kappa shape index (κ1) is 12.9. The third-order valence-corrected chi connectivity index (χ3v) is 3.70. The molecule has 2 N–H and O–H groups in total. The Kier molecular flexibility index (Phi) is 3.54. The molecule has 2 amide bonds. The Hall–Kier alpha value is -2.11. The summed E-state index contributed by atoms with van der Waals surface area (Å²) in [5.41, 5.74) is 0. The number of ether oxygens (including phenoxy) is 1. The molecule has 0 atom stereocenters. The summed E-state index contributed by atoms with van der Waals surface area (Å²) in [6.07, 6.45) is 5.32. The molecule has 2 aliphatic rings. The zero-order chi connectivity index (χ0) is 13.9. The SMILES string of the molecule is O=C1COc2ccc(NC(=O)C3CCCCC3)nc2N1. The third kappa shape index (κ3) is 2.74. The van der Waals surface area contributed by atoms with Crippen molar-refractivity contribution in [3.8, 4) is 5.75 Å². The van der Waals surface area contributed by atoms with E-state index in [1.165, 1.54) is 6.42 Å². The normalized spacial score (nSPS) is 18.7. The second-order valence-electron chi connectivity index (χ2n) is 5.20. The largest absolute Gasteiger partial charge is 0.480 e. The van der Waals surface area contributed by atoms with Gasteiger partial charge in [0.1, 0.15) is 5.82 Å². The van der Waals surface area contributed by atoms with Crippen LogP contribution in [0.5, 0.6) is 5.75 Å². The quantitative estimate of drug-likeness (QED) is 0.864. The zero-order valence-corrected chi connectivity index (χ0v) is 11.1. The molecule has 0 aromatic carbocycles. The summed E-state index contributed by atoms with van der Waals surface area (Å²) in [5.74, 6) is 1.20. The summed E-state index contributed by atoms with van der Waals surface area (Å²) in [5, 5.41) is 5.45. The van der Waals surface area contributed by atoms with Gasteiger partial charge in [-0.1, -0.05) is 19.3 Å². The van der Waals surface area contributed by atoms with Crippen molar-refractivity contribution in [1.29, 1.82) is 0 Å². The number of nitrogens with zero attached hydrogens (tertiary/aromatic N) is 1. The topological polar surface area (TPSA) is 80.3 Å². The van der Waals surface area contributed by atoms with E-state index in [-0.39, 0.29) is 24.3 Å². The van der Waals surface area contributed by atoms with Gasteiger partial charge in [0.05, 0.1) is 0 Å². The Balaban J connectivity index is 1.69. The average molecular weight is 275 g/mol. The van der Waals surface area contributed by atoms with Crippen LogP contribution in [0.25, 0.3) is 0 Å². The van der Waals surface area contributed by atoms with Gasteiger partial charge in [0.2, 0.25) is 5.91 Å². The molecule has 1 aliphatic carbocycles. The van der Waals surface area contributed by atoms with E-state index in [1.807, 2.05) is 0 Å². The molecule has 0 saturated heterocycles. The molecule has 6 heteroatoms. The maximum absolute atomic E-state index is 12.1. The number of carbonyl (C=O) groups is 2. The summed E-state index contributed by atoms with van der Waals surface area (Å²) < 4.78 is 5.22. The van der Waals surface area contributed by atoms with Gasteiger partial charge >= 0.3 is 0 Å². The van der Waals surface area contributed by atoms with Gasteiger partial charge in [-0.05, 0) is 25.0 Å². The van der Waals surface area contributed by atoms with Crippen molar-refractivity contribution >= 4 is 23.5 Å². The van der Waals surface area contributed by atoms with Crippen molar-refractivity contribution in [3.63, 3.8) is 0 Å². The predicted octanol–water partition coefficient (Wildman–Crippen LogP) is 1.93. The highest BCUT2D eigenvalue weighted by atomic mass is 16.5. The number of hydrogen-bond donors (Lipinski definition) is 2. The molecule has 1 aliphatic heterocycles. The number of carbonyl (C=O) groups excluding carboxylic acids is 2. The van der Waals surface area contributed by atoms with Gasteiger partial charge in [-0.25, -0.2) is 4.98 Å². The molecule has 0 spiro atoms. The van der Waals surface area contributed by atoms with Crippen LogP contribution in [-0.2, 0) is 9.59 Å². The van der Waals surface area contributed by atoms with E-state index < -0.39 is 0 Å². The van der Waals surface area contributed by atoms with Crippen LogP contribution in [0, 0.1) is 5.92 Å². The van der Waals surface area contributed by atoms with Crippen molar-refractivity contribution < 1.29 is 14.3 Å². The molecule has 0 unspecified atom stereocenters.